The Morgan fingerprint density at radius 3 is 2.33 bits per heavy atom. The predicted molar refractivity (Wildman–Crippen MR) is 74.9 cm³/mol. The number of nitrogens with two attached hydrogens (primary N) is 1. The first-order valence-electron chi connectivity index (χ1n) is 6.55. The van der Waals surface area contributed by atoms with Crippen molar-refractivity contribution in [1.29, 1.82) is 0 Å². The third-order valence-electron chi connectivity index (χ3n) is 3.51. The fourth-order valence-electron chi connectivity index (χ4n) is 1.51. The van der Waals surface area contributed by atoms with Gasteiger partial charge in [-0.2, -0.15) is 13.2 Å². The van der Waals surface area contributed by atoms with Gasteiger partial charge in [0.1, 0.15) is 11.5 Å². The fraction of sp³-hybridized carbons (Fsp3) is 0.571. The molecule has 1 amide bonds. The van der Waals surface area contributed by atoms with Crippen molar-refractivity contribution in [3.05, 3.63) is 23.4 Å². The summed E-state index contributed by atoms with van der Waals surface area (Å²) in [5, 5.41) is 2.80. The van der Waals surface area contributed by atoms with Gasteiger partial charge in [0.2, 0.25) is 0 Å². The number of alkyl halides is 3. The van der Waals surface area contributed by atoms with E-state index in [4.69, 9.17) is 5.73 Å². The summed E-state index contributed by atoms with van der Waals surface area (Å²) in [4.78, 5) is 14.8. The van der Waals surface area contributed by atoms with Crippen molar-refractivity contribution in [3.63, 3.8) is 0 Å². The molecule has 1 atom stereocenters. The summed E-state index contributed by atoms with van der Waals surface area (Å²) in [5.74, 6) is -0.787. The number of nitrogens with one attached hydrogen (secondary N) is 1. The third kappa shape index (κ3) is 4.61. The summed E-state index contributed by atoms with van der Waals surface area (Å²) in [6.45, 7) is 8.42. The minimum atomic E-state index is -4.57. The normalized spacial score (nSPS) is 13.9. The smallest absolute Gasteiger partial charge is 0.369 e. The van der Waals surface area contributed by atoms with E-state index in [1.807, 2.05) is 27.7 Å². The second-order valence-electron chi connectivity index (χ2n) is 6.10. The fourth-order valence-corrected chi connectivity index (χ4v) is 1.51. The molecule has 0 aliphatic rings. The van der Waals surface area contributed by atoms with Crippen molar-refractivity contribution in [2.45, 2.75) is 33.9 Å². The van der Waals surface area contributed by atoms with Crippen LogP contribution in [-0.2, 0) is 6.18 Å². The summed E-state index contributed by atoms with van der Waals surface area (Å²) >= 11 is 0. The molecule has 0 aromatic carbocycles. The molecule has 0 saturated heterocycles. The first kappa shape index (κ1) is 17.3. The van der Waals surface area contributed by atoms with Gasteiger partial charge in [0.05, 0.1) is 5.56 Å². The predicted octanol–water partition coefficient (Wildman–Crippen LogP) is 3.29. The minimum absolute atomic E-state index is 0.0263. The van der Waals surface area contributed by atoms with Gasteiger partial charge in [-0.15, -0.1) is 0 Å². The lowest BCUT2D eigenvalue weighted by Crippen LogP contribution is -2.26. The van der Waals surface area contributed by atoms with E-state index in [2.05, 4.69) is 10.3 Å². The molecular formula is C14H20F3N3O. The lowest BCUT2D eigenvalue weighted by molar-refractivity contribution is -0.141. The molecule has 21 heavy (non-hydrogen) atoms. The number of amides is 1. The number of hydrogen-bond donors (Lipinski definition) is 2. The zero-order valence-corrected chi connectivity index (χ0v) is 12.5. The molecule has 0 spiro atoms. The number of pyridine rings is 1. The number of carbonyl (C=O) groups excluding carboxylic acids is 1. The molecule has 1 heterocycles. The van der Waals surface area contributed by atoms with E-state index in [0.29, 0.717) is 6.54 Å². The molecule has 0 aliphatic carbocycles. The second kappa shape index (κ2) is 5.91. The van der Waals surface area contributed by atoms with E-state index in [1.165, 1.54) is 0 Å². The average molecular weight is 303 g/mol. The molecule has 0 fully saturated rings. The number of anilines is 1. The lowest BCUT2D eigenvalue weighted by atomic mass is 9.82. The van der Waals surface area contributed by atoms with Gasteiger partial charge >= 0.3 is 6.18 Å². The Morgan fingerprint density at radius 1 is 1.33 bits per heavy atom. The number of hydrogen-bond acceptors (Lipinski definition) is 3. The summed E-state index contributed by atoms with van der Waals surface area (Å²) in [7, 11) is 0. The maximum absolute atomic E-state index is 12.7. The standard InChI is InChI=1S/C14H20F3N3O/c1-8(13(2,3)4)7-19-12-9(11(18)21)5-6-10(20-12)14(15,16)17/h5-6,8H,7H2,1-4H3,(H2,18,21)(H,19,20). The number of carbonyl (C=O) groups is 1. The number of rotatable bonds is 4. The van der Waals surface area contributed by atoms with Crippen molar-refractivity contribution in [1.82, 2.24) is 4.98 Å². The zero-order chi connectivity index (χ0) is 16.4. The molecule has 4 nitrogen and oxygen atoms in total. The zero-order valence-electron chi connectivity index (χ0n) is 12.5. The Bertz CT molecular complexity index is 521. The Hall–Kier alpha value is -1.79. The molecule has 1 unspecified atom stereocenters. The molecule has 118 valence electrons. The maximum Gasteiger partial charge on any atom is 0.433 e. The Kier molecular flexibility index (Phi) is 4.86. The van der Waals surface area contributed by atoms with Crippen LogP contribution in [0.4, 0.5) is 19.0 Å². The summed E-state index contributed by atoms with van der Waals surface area (Å²) in [6, 6.07) is 1.79. The number of nitrogens with zero attached hydrogens (tertiary/aromatic N) is 1. The van der Waals surface area contributed by atoms with Gasteiger partial charge in [0.15, 0.2) is 0 Å². The highest BCUT2D eigenvalue weighted by atomic mass is 19.4. The van der Waals surface area contributed by atoms with Gasteiger partial charge < -0.3 is 11.1 Å². The third-order valence-corrected chi connectivity index (χ3v) is 3.51. The molecule has 1 aromatic heterocycles. The van der Waals surface area contributed by atoms with Gasteiger partial charge in [0, 0.05) is 6.54 Å². The van der Waals surface area contributed by atoms with E-state index in [1.54, 1.807) is 0 Å². The average Bonchev–Trinajstić information content (AvgIpc) is 2.33. The Morgan fingerprint density at radius 2 is 1.90 bits per heavy atom. The first-order valence-corrected chi connectivity index (χ1v) is 6.55. The molecule has 0 radical (unpaired) electrons. The van der Waals surface area contributed by atoms with Crippen LogP contribution in [0.2, 0.25) is 0 Å². The summed E-state index contributed by atoms with van der Waals surface area (Å²) < 4.78 is 38.0. The van der Waals surface area contributed by atoms with Crippen molar-refractivity contribution < 1.29 is 18.0 Å². The van der Waals surface area contributed by atoms with Crippen molar-refractivity contribution in [2.24, 2.45) is 17.1 Å². The molecule has 0 saturated carbocycles. The van der Waals surface area contributed by atoms with Gasteiger partial charge in [-0.05, 0) is 23.5 Å². The highest BCUT2D eigenvalue weighted by Crippen LogP contribution is 2.30. The van der Waals surface area contributed by atoms with Gasteiger partial charge in [-0.1, -0.05) is 27.7 Å². The quantitative estimate of drug-likeness (QED) is 0.897. The van der Waals surface area contributed by atoms with E-state index >= 15 is 0 Å². The summed E-state index contributed by atoms with van der Waals surface area (Å²) in [5.41, 5.74) is 4.03. The second-order valence-corrected chi connectivity index (χ2v) is 6.10. The minimum Gasteiger partial charge on any atom is -0.369 e. The van der Waals surface area contributed by atoms with Gasteiger partial charge in [0.25, 0.3) is 5.91 Å². The van der Waals surface area contributed by atoms with Crippen LogP contribution in [0, 0.1) is 11.3 Å². The molecular weight excluding hydrogens is 283 g/mol. The highest BCUT2D eigenvalue weighted by Gasteiger charge is 2.33. The van der Waals surface area contributed by atoms with Crippen LogP contribution in [-0.4, -0.2) is 17.4 Å². The van der Waals surface area contributed by atoms with E-state index < -0.39 is 17.8 Å². The lowest BCUT2D eigenvalue weighted by Gasteiger charge is -2.27. The summed E-state index contributed by atoms with van der Waals surface area (Å²) in [6.07, 6.45) is -4.57. The molecule has 3 N–H and O–H groups in total. The van der Waals surface area contributed by atoms with Gasteiger partial charge in [-0.25, -0.2) is 4.98 Å². The first-order chi connectivity index (χ1) is 9.43. The van der Waals surface area contributed by atoms with Crippen molar-refractivity contribution in [2.75, 3.05) is 11.9 Å². The SMILES string of the molecule is CC(CNc1nc(C(F)(F)F)ccc1C(N)=O)C(C)(C)C. The van der Waals surface area contributed by atoms with Crippen LogP contribution in [0.5, 0.6) is 0 Å². The number of halogens is 3. The highest BCUT2D eigenvalue weighted by molar-refractivity contribution is 5.97. The van der Waals surface area contributed by atoms with Crippen molar-refractivity contribution in [3.8, 4) is 0 Å². The van der Waals surface area contributed by atoms with Crippen LogP contribution in [0.1, 0.15) is 43.7 Å². The van der Waals surface area contributed by atoms with Crippen LogP contribution in [0.15, 0.2) is 12.1 Å². The van der Waals surface area contributed by atoms with E-state index in [9.17, 15) is 18.0 Å². The largest absolute Gasteiger partial charge is 0.433 e. The van der Waals surface area contributed by atoms with Crippen LogP contribution in [0.25, 0.3) is 0 Å². The molecule has 0 bridgehead atoms. The van der Waals surface area contributed by atoms with E-state index in [-0.39, 0.29) is 22.7 Å². The topological polar surface area (TPSA) is 68.0 Å². The van der Waals surface area contributed by atoms with E-state index in [0.717, 1.165) is 12.1 Å². The van der Waals surface area contributed by atoms with Crippen LogP contribution >= 0.6 is 0 Å². The molecule has 0 aliphatic heterocycles. The molecule has 1 aromatic rings. The monoisotopic (exact) mass is 303 g/mol. The van der Waals surface area contributed by atoms with Crippen molar-refractivity contribution >= 4 is 11.7 Å². The van der Waals surface area contributed by atoms with Crippen LogP contribution in [0.3, 0.4) is 0 Å². The molecule has 7 heteroatoms. The number of primary amides is 1. The van der Waals surface area contributed by atoms with Crippen LogP contribution < -0.4 is 11.1 Å². The van der Waals surface area contributed by atoms with Gasteiger partial charge in [-0.3, -0.25) is 4.79 Å². The molecule has 1 rings (SSSR count). The number of aromatic nitrogens is 1. The maximum atomic E-state index is 12.7. The Labute approximate surface area is 121 Å². The Balaban J connectivity index is 3.05.